The molecule has 0 bridgehead atoms. The molecule has 0 fully saturated rings. The van der Waals surface area contributed by atoms with Crippen molar-refractivity contribution in [1.82, 2.24) is 10.2 Å². The zero-order chi connectivity index (χ0) is 19.4. The van der Waals surface area contributed by atoms with Gasteiger partial charge in [0.2, 0.25) is 5.89 Å². The van der Waals surface area contributed by atoms with Gasteiger partial charge in [-0.15, -0.1) is 16.9 Å². The van der Waals surface area contributed by atoms with Gasteiger partial charge in [-0.3, -0.25) is 5.32 Å². The van der Waals surface area contributed by atoms with Crippen LogP contribution < -0.4 is 10.6 Å². The first-order chi connectivity index (χ1) is 12.9. The molecule has 0 aliphatic carbocycles. The number of thioether (sulfide) groups is 1. The van der Waals surface area contributed by atoms with Gasteiger partial charge in [-0.05, 0) is 36.6 Å². The fourth-order valence-corrected chi connectivity index (χ4v) is 2.70. The lowest BCUT2D eigenvalue weighted by Crippen LogP contribution is -2.22. The number of nitrogens with one attached hydrogen (secondary N) is 2. The number of halogens is 3. The number of amides is 2. The largest absolute Gasteiger partial charge is 0.418 e. The Morgan fingerprint density at radius 1 is 1.07 bits per heavy atom. The molecule has 10 heteroatoms. The summed E-state index contributed by atoms with van der Waals surface area (Å²) < 4.78 is 44.2. The number of alkyl halides is 3. The van der Waals surface area contributed by atoms with Crippen LogP contribution in [0.5, 0.6) is 0 Å². The van der Waals surface area contributed by atoms with Gasteiger partial charge >= 0.3 is 18.2 Å². The van der Waals surface area contributed by atoms with E-state index in [-0.39, 0.29) is 17.6 Å². The van der Waals surface area contributed by atoms with Gasteiger partial charge in [0.15, 0.2) is 0 Å². The lowest BCUT2D eigenvalue weighted by atomic mass is 10.1. The van der Waals surface area contributed by atoms with Gasteiger partial charge in [-0.25, -0.2) is 4.79 Å². The monoisotopic (exact) mass is 394 g/mol. The van der Waals surface area contributed by atoms with Crippen LogP contribution in [0.1, 0.15) is 5.56 Å². The van der Waals surface area contributed by atoms with Crippen molar-refractivity contribution in [2.24, 2.45) is 0 Å². The van der Waals surface area contributed by atoms with Crippen LogP contribution in [0.25, 0.3) is 11.5 Å². The zero-order valence-corrected chi connectivity index (χ0v) is 14.7. The quantitative estimate of drug-likeness (QED) is 0.600. The number of hydrogen-bond acceptors (Lipinski definition) is 5. The predicted molar refractivity (Wildman–Crippen MR) is 95.6 cm³/mol. The second kappa shape index (κ2) is 7.70. The highest BCUT2D eigenvalue weighted by Crippen LogP contribution is 2.34. The van der Waals surface area contributed by atoms with E-state index in [1.807, 2.05) is 24.5 Å². The topological polar surface area (TPSA) is 80.0 Å². The summed E-state index contributed by atoms with van der Waals surface area (Å²) in [6.07, 6.45) is -2.67. The van der Waals surface area contributed by atoms with Crippen molar-refractivity contribution in [3.63, 3.8) is 0 Å². The summed E-state index contributed by atoms with van der Waals surface area (Å²) in [6.45, 7) is 0. The molecule has 0 aliphatic heterocycles. The molecule has 1 heterocycles. The predicted octanol–water partition coefficient (Wildman–Crippen LogP) is 5.12. The van der Waals surface area contributed by atoms with Crippen LogP contribution in [0.4, 0.5) is 29.7 Å². The molecule has 2 aromatic carbocycles. The zero-order valence-electron chi connectivity index (χ0n) is 13.9. The van der Waals surface area contributed by atoms with Crippen LogP contribution >= 0.6 is 11.8 Å². The number of anilines is 2. The van der Waals surface area contributed by atoms with Crippen LogP contribution in [0.2, 0.25) is 0 Å². The Bertz CT molecular complexity index is 959. The highest BCUT2D eigenvalue weighted by atomic mass is 32.2. The first-order valence-corrected chi connectivity index (χ1v) is 8.81. The first-order valence-electron chi connectivity index (χ1n) is 7.59. The minimum Gasteiger partial charge on any atom is -0.403 e. The van der Waals surface area contributed by atoms with Gasteiger partial charge in [-0.1, -0.05) is 23.3 Å². The van der Waals surface area contributed by atoms with Crippen molar-refractivity contribution in [2.75, 3.05) is 16.9 Å². The van der Waals surface area contributed by atoms with Crippen molar-refractivity contribution >= 4 is 29.5 Å². The van der Waals surface area contributed by atoms with Crippen molar-refractivity contribution < 1.29 is 22.4 Å². The van der Waals surface area contributed by atoms with Crippen LogP contribution in [0.3, 0.4) is 0 Å². The van der Waals surface area contributed by atoms with Crippen molar-refractivity contribution in [2.45, 2.75) is 11.1 Å². The van der Waals surface area contributed by atoms with Crippen molar-refractivity contribution in [1.29, 1.82) is 0 Å². The standard InChI is InChI=1S/C17H13F3N4O2S/c1-27-11-6-4-5-10(9-11)14-23-24-16(26-14)22-15(25)21-13-8-3-2-7-12(13)17(18,19)20/h2-9H,1H3,(H2,21,22,24,25). The minimum atomic E-state index is -4.59. The molecule has 0 radical (unpaired) electrons. The average molecular weight is 394 g/mol. The van der Waals surface area contributed by atoms with E-state index in [2.05, 4.69) is 20.8 Å². The normalized spacial score (nSPS) is 11.3. The van der Waals surface area contributed by atoms with Crippen LogP contribution in [-0.4, -0.2) is 22.5 Å². The number of urea groups is 1. The lowest BCUT2D eigenvalue weighted by molar-refractivity contribution is -0.136. The molecule has 3 rings (SSSR count). The van der Waals surface area contributed by atoms with E-state index >= 15 is 0 Å². The summed E-state index contributed by atoms with van der Waals surface area (Å²) in [4.78, 5) is 13.0. The summed E-state index contributed by atoms with van der Waals surface area (Å²) in [5.74, 6) is 0.178. The molecule has 0 spiro atoms. The Kier molecular flexibility index (Phi) is 5.36. The number of rotatable bonds is 4. The molecule has 140 valence electrons. The van der Waals surface area contributed by atoms with Crippen molar-refractivity contribution in [3.8, 4) is 11.5 Å². The summed E-state index contributed by atoms with van der Waals surface area (Å²) in [5.41, 5.74) is -0.680. The van der Waals surface area contributed by atoms with Crippen LogP contribution in [0, 0.1) is 0 Å². The van der Waals surface area contributed by atoms with E-state index in [0.29, 0.717) is 5.56 Å². The Morgan fingerprint density at radius 2 is 1.85 bits per heavy atom. The fraction of sp³-hybridized carbons (Fsp3) is 0.118. The number of aromatic nitrogens is 2. The molecule has 27 heavy (non-hydrogen) atoms. The van der Waals surface area contributed by atoms with Crippen molar-refractivity contribution in [3.05, 3.63) is 54.1 Å². The molecule has 0 atom stereocenters. The van der Waals surface area contributed by atoms with E-state index in [4.69, 9.17) is 4.42 Å². The molecule has 3 aromatic rings. The molecule has 0 saturated heterocycles. The Hall–Kier alpha value is -3.01. The molecular weight excluding hydrogens is 381 g/mol. The molecular formula is C17H13F3N4O2S. The third kappa shape index (κ3) is 4.59. The van der Waals surface area contributed by atoms with Gasteiger partial charge in [0, 0.05) is 10.5 Å². The number of benzene rings is 2. The maximum absolute atomic E-state index is 13.0. The number of carbonyl (C=O) groups excluding carboxylic acids is 1. The highest BCUT2D eigenvalue weighted by Gasteiger charge is 2.33. The van der Waals surface area contributed by atoms with Gasteiger partial charge in [0.25, 0.3) is 0 Å². The molecule has 1 aromatic heterocycles. The second-order valence-corrected chi connectivity index (χ2v) is 6.15. The molecule has 6 nitrogen and oxygen atoms in total. The van der Waals surface area contributed by atoms with Crippen LogP contribution in [-0.2, 0) is 6.18 Å². The highest BCUT2D eigenvalue weighted by molar-refractivity contribution is 7.98. The van der Waals surface area contributed by atoms with E-state index in [1.54, 1.807) is 6.07 Å². The molecule has 2 amide bonds. The third-order valence-electron chi connectivity index (χ3n) is 3.44. The molecule has 0 saturated carbocycles. The third-order valence-corrected chi connectivity index (χ3v) is 4.17. The van der Waals surface area contributed by atoms with E-state index in [1.165, 1.54) is 23.9 Å². The second-order valence-electron chi connectivity index (χ2n) is 5.27. The minimum absolute atomic E-state index is 0.178. The molecule has 0 aliphatic rings. The molecule has 0 unspecified atom stereocenters. The maximum atomic E-state index is 13.0. The number of para-hydroxylation sites is 1. The smallest absolute Gasteiger partial charge is 0.403 e. The number of nitrogens with zero attached hydrogens (tertiary/aromatic N) is 2. The molecule has 2 N–H and O–H groups in total. The van der Waals surface area contributed by atoms with E-state index in [9.17, 15) is 18.0 Å². The van der Waals surface area contributed by atoms with Crippen LogP contribution in [0.15, 0.2) is 57.8 Å². The first kappa shape index (κ1) is 18.8. The number of hydrogen-bond donors (Lipinski definition) is 2. The van der Waals surface area contributed by atoms with E-state index in [0.717, 1.165) is 17.0 Å². The SMILES string of the molecule is CSc1cccc(-c2nnc(NC(=O)Nc3ccccc3C(F)(F)F)o2)c1. The average Bonchev–Trinajstić information content (AvgIpc) is 3.09. The van der Waals surface area contributed by atoms with Gasteiger partial charge in [0.1, 0.15) is 0 Å². The van der Waals surface area contributed by atoms with Gasteiger partial charge in [0.05, 0.1) is 11.3 Å². The van der Waals surface area contributed by atoms with Gasteiger partial charge in [-0.2, -0.15) is 13.2 Å². The van der Waals surface area contributed by atoms with Gasteiger partial charge < -0.3 is 9.73 Å². The fourth-order valence-electron chi connectivity index (χ4n) is 2.24. The summed E-state index contributed by atoms with van der Waals surface area (Å²) >= 11 is 1.54. The summed E-state index contributed by atoms with van der Waals surface area (Å²) in [5, 5.41) is 11.9. The Morgan fingerprint density at radius 3 is 2.59 bits per heavy atom. The number of carbonyl (C=O) groups is 1. The maximum Gasteiger partial charge on any atom is 0.418 e. The lowest BCUT2D eigenvalue weighted by Gasteiger charge is -2.13. The van der Waals surface area contributed by atoms with E-state index < -0.39 is 17.8 Å². The summed E-state index contributed by atoms with van der Waals surface area (Å²) in [6, 6.07) is 10.8. The Balaban J connectivity index is 1.72. The summed E-state index contributed by atoms with van der Waals surface area (Å²) in [7, 11) is 0. The Labute approximate surface area is 156 Å².